The van der Waals surface area contributed by atoms with Crippen molar-refractivity contribution in [2.24, 2.45) is 5.41 Å². The maximum Gasteiger partial charge on any atom is 0.226 e. The van der Waals surface area contributed by atoms with Gasteiger partial charge in [-0.05, 0) is 27.2 Å². The second-order valence-corrected chi connectivity index (χ2v) is 6.59. The highest BCUT2D eigenvalue weighted by molar-refractivity contribution is 6.21. The van der Waals surface area contributed by atoms with Crippen molar-refractivity contribution in [2.75, 3.05) is 5.32 Å². The summed E-state index contributed by atoms with van der Waals surface area (Å²) in [6.45, 7) is 10.2. The maximum absolute atomic E-state index is 6.23. The molecule has 2 atom stereocenters. The standard InChI is InChI=1S/C14H22ClN3O/c1-8(2)19-12-6-9(3)16-13(18-12)17-11-7-10(15)14(11,4)5/h6,8,10-11H,7H2,1-5H3,(H,16,17,18). The number of anilines is 1. The number of hydrogen-bond acceptors (Lipinski definition) is 4. The zero-order valence-electron chi connectivity index (χ0n) is 12.2. The highest BCUT2D eigenvalue weighted by Crippen LogP contribution is 2.45. The lowest BCUT2D eigenvalue weighted by atomic mass is 9.67. The zero-order valence-corrected chi connectivity index (χ0v) is 13.0. The summed E-state index contributed by atoms with van der Waals surface area (Å²) < 4.78 is 5.62. The van der Waals surface area contributed by atoms with Gasteiger partial charge in [-0.1, -0.05) is 13.8 Å². The first-order valence-corrected chi connectivity index (χ1v) is 7.15. The van der Waals surface area contributed by atoms with Crippen LogP contribution in [-0.4, -0.2) is 27.5 Å². The Labute approximate surface area is 119 Å². The van der Waals surface area contributed by atoms with E-state index in [1.165, 1.54) is 0 Å². The van der Waals surface area contributed by atoms with Crippen LogP contribution in [0.5, 0.6) is 5.88 Å². The molecular weight excluding hydrogens is 262 g/mol. The number of rotatable bonds is 4. The Hall–Kier alpha value is -1.03. The normalized spacial score (nSPS) is 25.0. The summed E-state index contributed by atoms with van der Waals surface area (Å²) in [5.74, 6) is 1.24. The number of aryl methyl sites for hydroxylation is 1. The van der Waals surface area contributed by atoms with Crippen LogP contribution in [0, 0.1) is 12.3 Å². The molecule has 1 aliphatic rings. The molecule has 1 aromatic rings. The molecule has 0 bridgehead atoms. The van der Waals surface area contributed by atoms with E-state index in [0.717, 1.165) is 12.1 Å². The van der Waals surface area contributed by atoms with E-state index in [0.29, 0.717) is 17.9 Å². The van der Waals surface area contributed by atoms with Crippen molar-refractivity contribution in [2.45, 2.75) is 58.6 Å². The summed E-state index contributed by atoms with van der Waals surface area (Å²) in [5, 5.41) is 3.58. The van der Waals surface area contributed by atoms with Crippen LogP contribution in [-0.2, 0) is 0 Å². The smallest absolute Gasteiger partial charge is 0.226 e. The number of hydrogen-bond donors (Lipinski definition) is 1. The average Bonchev–Trinajstić information content (AvgIpc) is 2.26. The van der Waals surface area contributed by atoms with Crippen LogP contribution in [0.4, 0.5) is 5.95 Å². The number of alkyl halides is 1. The van der Waals surface area contributed by atoms with E-state index in [1.54, 1.807) is 0 Å². The third-order valence-corrected chi connectivity index (χ3v) is 4.38. The minimum absolute atomic E-state index is 0.0632. The van der Waals surface area contributed by atoms with Crippen LogP contribution in [0.25, 0.3) is 0 Å². The number of nitrogens with zero attached hydrogens (tertiary/aromatic N) is 2. The summed E-state index contributed by atoms with van der Waals surface area (Å²) >= 11 is 6.23. The third kappa shape index (κ3) is 3.11. The van der Waals surface area contributed by atoms with Crippen molar-refractivity contribution in [3.05, 3.63) is 11.8 Å². The number of nitrogens with one attached hydrogen (secondary N) is 1. The molecule has 2 unspecified atom stereocenters. The van der Waals surface area contributed by atoms with Crippen molar-refractivity contribution < 1.29 is 4.74 Å². The quantitative estimate of drug-likeness (QED) is 0.861. The lowest BCUT2D eigenvalue weighted by Gasteiger charge is -2.49. The summed E-state index contributed by atoms with van der Waals surface area (Å²) in [4.78, 5) is 8.81. The van der Waals surface area contributed by atoms with E-state index in [9.17, 15) is 0 Å². The molecule has 1 heterocycles. The van der Waals surface area contributed by atoms with Gasteiger partial charge < -0.3 is 10.1 Å². The maximum atomic E-state index is 6.23. The largest absolute Gasteiger partial charge is 0.475 e. The van der Waals surface area contributed by atoms with Gasteiger partial charge in [0.15, 0.2) is 0 Å². The predicted octanol–water partition coefficient (Wildman–Crippen LogP) is 3.39. The Bertz CT molecular complexity index is 462. The van der Waals surface area contributed by atoms with E-state index in [2.05, 4.69) is 29.1 Å². The first-order valence-electron chi connectivity index (χ1n) is 6.72. The van der Waals surface area contributed by atoms with Gasteiger partial charge in [-0.15, -0.1) is 11.6 Å². The molecule has 4 nitrogen and oxygen atoms in total. The molecular formula is C14H22ClN3O. The van der Waals surface area contributed by atoms with E-state index >= 15 is 0 Å². The van der Waals surface area contributed by atoms with Crippen molar-refractivity contribution >= 4 is 17.5 Å². The first kappa shape index (κ1) is 14.4. The molecule has 1 aromatic heterocycles. The molecule has 1 fully saturated rings. The van der Waals surface area contributed by atoms with E-state index in [4.69, 9.17) is 16.3 Å². The fourth-order valence-electron chi connectivity index (χ4n) is 2.18. The monoisotopic (exact) mass is 283 g/mol. The van der Waals surface area contributed by atoms with Gasteiger partial charge in [0.25, 0.3) is 0 Å². The SMILES string of the molecule is Cc1cc(OC(C)C)nc(NC2CC(Cl)C2(C)C)n1. The van der Waals surface area contributed by atoms with Gasteiger partial charge in [-0.3, -0.25) is 0 Å². The molecule has 1 aliphatic carbocycles. The number of halogens is 1. The van der Waals surface area contributed by atoms with Gasteiger partial charge in [0.1, 0.15) is 0 Å². The third-order valence-electron chi connectivity index (χ3n) is 3.64. The Balaban J connectivity index is 2.10. The van der Waals surface area contributed by atoms with Crippen molar-refractivity contribution in [1.82, 2.24) is 9.97 Å². The molecule has 5 heteroatoms. The highest BCUT2D eigenvalue weighted by atomic mass is 35.5. The zero-order chi connectivity index (χ0) is 14.2. The Morgan fingerprint density at radius 2 is 2.11 bits per heavy atom. The number of ether oxygens (including phenoxy) is 1. The van der Waals surface area contributed by atoms with Crippen LogP contribution in [0.3, 0.4) is 0 Å². The molecule has 0 amide bonds. The Morgan fingerprint density at radius 1 is 1.42 bits per heavy atom. The van der Waals surface area contributed by atoms with Gasteiger partial charge in [0.05, 0.1) is 6.10 Å². The second-order valence-electron chi connectivity index (χ2n) is 6.06. The van der Waals surface area contributed by atoms with Gasteiger partial charge in [-0.2, -0.15) is 4.98 Å². The summed E-state index contributed by atoms with van der Waals surface area (Å²) in [6, 6.07) is 2.16. The van der Waals surface area contributed by atoms with E-state index < -0.39 is 0 Å². The fourth-order valence-corrected chi connectivity index (χ4v) is 2.51. The minimum atomic E-state index is 0.0632. The van der Waals surface area contributed by atoms with Crippen LogP contribution < -0.4 is 10.1 Å². The summed E-state index contributed by atoms with van der Waals surface area (Å²) in [6.07, 6.45) is 1.04. The molecule has 19 heavy (non-hydrogen) atoms. The molecule has 1 saturated carbocycles. The number of aromatic nitrogens is 2. The lowest BCUT2D eigenvalue weighted by molar-refractivity contribution is 0.167. The van der Waals surface area contributed by atoms with Crippen LogP contribution in [0.15, 0.2) is 6.07 Å². The molecule has 0 radical (unpaired) electrons. The van der Waals surface area contributed by atoms with Gasteiger partial charge >= 0.3 is 0 Å². The highest BCUT2D eigenvalue weighted by Gasteiger charge is 2.47. The second kappa shape index (κ2) is 5.16. The van der Waals surface area contributed by atoms with Crippen molar-refractivity contribution in [1.29, 1.82) is 0 Å². The molecule has 1 N–H and O–H groups in total. The van der Waals surface area contributed by atoms with E-state index in [-0.39, 0.29) is 16.9 Å². The van der Waals surface area contributed by atoms with Gasteiger partial charge in [0, 0.05) is 28.6 Å². The minimum Gasteiger partial charge on any atom is -0.475 e. The average molecular weight is 284 g/mol. The van der Waals surface area contributed by atoms with Gasteiger partial charge in [-0.25, -0.2) is 4.98 Å². The van der Waals surface area contributed by atoms with E-state index in [1.807, 2.05) is 26.8 Å². The molecule has 0 spiro atoms. The fraction of sp³-hybridized carbons (Fsp3) is 0.714. The Kier molecular flexibility index (Phi) is 3.90. The van der Waals surface area contributed by atoms with Crippen LogP contribution in [0.1, 0.15) is 39.8 Å². The summed E-state index contributed by atoms with van der Waals surface area (Å²) in [7, 11) is 0. The Morgan fingerprint density at radius 3 is 2.63 bits per heavy atom. The molecule has 0 aromatic carbocycles. The molecule has 0 saturated heterocycles. The molecule has 106 valence electrons. The molecule has 0 aliphatic heterocycles. The summed E-state index contributed by atoms with van der Waals surface area (Å²) in [5.41, 5.74) is 0.959. The van der Waals surface area contributed by atoms with Gasteiger partial charge in [0.2, 0.25) is 11.8 Å². The topological polar surface area (TPSA) is 47.0 Å². The van der Waals surface area contributed by atoms with Crippen LogP contribution in [0.2, 0.25) is 0 Å². The van der Waals surface area contributed by atoms with Crippen molar-refractivity contribution in [3.8, 4) is 5.88 Å². The molecule has 2 rings (SSSR count). The first-order chi connectivity index (χ1) is 8.79. The van der Waals surface area contributed by atoms with Crippen LogP contribution >= 0.6 is 11.6 Å². The lowest BCUT2D eigenvalue weighted by Crippen LogP contribution is -2.54. The van der Waals surface area contributed by atoms with Crippen molar-refractivity contribution in [3.63, 3.8) is 0 Å². The predicted molar refractivity (Wildman–Crippen MR) is 78.0 cm³/mol.